The normalized spacial score (nSPS) is 11.4. The summed E-state index contributed by atoms with van der Waals surface area (Å²) in [5.74, 6) is 0. The fourth-order valence-corrected chi connectivity index (χ4v) is 2.38. The molecule has 31 heavy (non-hydrogen) atoms. The van der Waals surface area contributed by atoms with Gasteiger partial charge in [-0.05, 0) is 19.3 Å². The molecular weight excluding hydrogens is 408 g/mol. The first-order valence-corrected chi connectivity index (χ1v) is 11.6. The zero-order valence-electron chi connectivity index (χ0n) is 19.6. The largest absolute Gasteiger partial charge is 0.396 e. The fourth-order valence-electron chi connectivity index (χ4n) is 2.38. The lowest BCUT2D eigenvalue weighted by atomic mass is 10.2. The average Bonchev–Trinajstić information content (AvgIpc) is 2.78. The highest BCUT2D eigenvalue weighted by Crippen LogP contribution is 1.99. The molecule has 9 nitrogen and oxygen atoms in total. The molecule has 0 radical (unpaired) electrons. The van der Waals surface area contributed by atoms with Crippen molar-refractivity contribution in [3.63, 3.8) is 0 Å². The Morgan fingerprint density at radius 2 is 0.677 bits per heavy atom. The number of ether oxygens (including phenoxy) is 8. The zero-order valence-corrected chi connectivity index (χ0v) is 19.6. The second-order valence-electron chi connectivity index (χ2n) is 6.77. The molecule has 0 aliphatic rings. The molecule has 0 bridgehead atoms. The summed E-state index contributed by atoms with van der Waals surface area (Å²) in [5.41, 5.74) is 0. The van der Waals surface area contributed by atoms with Gasteiger partial charge in [0.2, 0.25) is 0 Å². The Balaban J connectivity index is 2.98. The Hall–Kier alpha value is -0.360. The van der Waals surface area contributed by atoms with Crippen molar-refractivity contribution in [2.45, 2.75) is 32.1 Å². The van der Waals surface area contributed by atoms with Gasteiger partial charge in [0.1, 0.15) is 0 Å². The molecule has 0 amide bonds. The van der Waals surface area contributed by atoms with Gasteiger partial charge in [0.25, 0.3) is 0 Å². The van der Waals surface area contributed by atoms with Gasteiger partial charge in [-0.15, -0.1) is 0 Å². The minimum absolute atomic E-state index is 0.286. The van der Waals surface area contributed by atoms with Crippen molar-refractivity contribution in [2.75, 3.05) is 113 Å². The summed E-state index contributed by atoms with van der Waals surface area (Å²) >= 11 is 0. The Labute approximate surface area is 188 Å². The first-order chi connectivity index (χ1) is 15.4. The van der Waals surface area contributed by atoms with Crippen LogP contribution in [0.1, 0.15) is 32.1 Å². The lowest BCUT2D eigenvalue weighted by molar-refractivity contribution is -0.0197. The summed E-state index contributed by atoms with van der Waals surface area (Å²) in [6, 6.07) is 0. The molecule has 0 spiro atoms. The Morgan fingerprint density at radius 3 is 1.10 bits per heavy atom. The number of hydrogen-bond donors (Lipinski definition) is 1. The first kappa shape index (κ1) is 30.6. The Morgan fingerprint density at radius 1 is 0.355 bits per heavy atom. The van der Waals surface area contributed by atoms with E-state index < -0.39 is 0 Å². The van der Waals surface area contributed by atoms with Crippen LogP contribution in [0.3, 0.4) is 0 Å². The molecule has 0 rings (SSSR count). The van der Waals surface area contributed by atoms with Crippen LogP contribution in [-0.4, -0.2) is 118 Å². The molecule has 0 fully saturated rings. The van der Waals surface area contributed by atoms with Gasteiger partial charge in [-0.25, -0.2) is 0 Å². The molecule has 0 aromatic carbocycles. The molecule has 0 saturated carbocycles. The van der Waals surface area contributed by atoms with E-state index in [1.54, 1.807) is 7.11 Å². The third-order valence-electron chi connectivity index (χ3n) is 4.07. The summed E-state index contributed by atoms with van der Waals surface area (Å²) in [6.07, 6.45) is 5.03. The van der Waals surface area contributed by atoms with E-state index in [4.69, 9.17) is 43.0 Å². The Kier molecular flexibility index (Phi) is 29.3. The van der Waals surface area contributed by atoms with Crippen LogP contribution >= 0.6 is 0 Å². The quantitative estimate of drug-likeness (QED) is 0.177. The molecule has 0 heterocycles. The summed E-state index contributed by atoms with van der Waals surface area (Å²) < 4.78 is 42.9. The molecular formula is C22H46O9. The van der Waals surface area contributed by atoms with E-state index in [0.717, 1.165) is 45.3 Å². The molecule has 0 aliphatic heterocycles. The summed E-state index contributed by atoms with van der Waals surface area (Å²) in [6.45, 7) is 9.25. The van der Waals surface area contributed by atoms with Gasteiger partial charge >= 0.3 is 0 Å². The van der Waals surface area contributed by atoms with Crippen molar-refractivity contribution in [1.82, 2.24) is 0 Å². The lowest BCUT2D eigenvalue weighted by Gasteiger charge is -2.08. The van der Waals surface area contributed by atoms with Gasteiger partial charge in [-0.3, -0.25) is 0 Å². The van der Waals surface area contributed by atoms with E-state index in [9.17, 15) is 0 Å². The predicted molar refractivity (Wildman–Crippen MR) is 118 cm³/mol. The number of methoxy groups -OCH3 is 1. The molecule has 1 N–H and O–H groups in total. The highest BCUT2D eigenvalue weighted by Gasteiger charge is 1.95. The molecule has 0 unspecified atom stereocenters. The SMILES string of the molecule is COCCOCCOCCOCCOCCOCCOCCCOCCCCCCO. The van der Waals surface area contributed by atoms with Crippen LogP contribution in [0.5, 0.6) is 0 Å². The molecule has 0 atom stereocenters. The minimum Gasteiger partial charge on any atom is -0.396 e. The maximum atomic E-state index is 8.69. The van der Waals surface area contributed by atoms with Crippen LogP contribution in [-0.2, 0) is 37.9 Å². The van der Waals surface area contributed by atoms with Gasteiger partial charge in [0.15, 0.2) is 0 Å². The highest BCUT2D eigenvalue weighted by molar-refractivity contribution is 4.43. The number of rotatable bonds is 28. The molecule has 188 valence electrons. The maximum absolute atomic E-state index is 8.69. The molecule has 0 aliphatic carbocycles. The number of aliphatic hydroxyl groups is 1. The van der Waals surface area contributed by atoms with Crippen LogP contribution in [0.4, 0.5) is 0 Å². The van der Waals surface area contributed by atoms with Gasteiger partial charge in [0, 0.05) is 33.5 Å². The van der Waals surface area contributed by atoms with E-state index in [1.165, 1.54) is 0 Å². The minimum atomic E-state index is 0.286. The van der Waals surface area contributed by atoms with Gasteiger partial charge in [-0.1, -0.05) is 12.8 Å². The summed E-state index contributed by atoms with van der Waals surface area (Å²) in [4.78, 5) is 0. The number of hydrogen-bond acceptors (Lipinski definition) is 9. The standard InChI is InChI=1S/C22H46O9/c1-24-11-12-27-15-16-29-19-20-31-22-21-30-18-17-28-14-13-26-10-6-9-25-8-5-3-2-4-7-23/h23H,2-22H2,1H3. The predicted octanol–water partition coefficient (Wildman–Crippen LogP) is 1.69. The van der Waals surface area contributed by atoms with E-state index in [-0.39, 0.29) is 6.61 Å². The zero-order chi connectivity index (χ0) is 22.5. The average molecular weight is 455 g/mol. The first-order valence-electron chi connectivity index (χ1n) is 11.6. The van der Waals surface area contributed by atoms with Crippen molar-refractivity contribution in [1.29, 1.82) is 0 Å². The highest BCUT2D eigenvalue weighted by atomic mass is 16.6. The third kappa shape index (κ3) is 29.6. The van der Waals surface area contributed by atoms with Gasteiger partial charge < -0.3 is 43.0 Å². The van der Waals surface area contributed by atoms with Gasteiger partial charge in [-0.2, -0.15) is 0 Å². The van der Waals surface area contributed by atoms with Crippen LogP contribution < -0.4 is 0 Å². The topological polar surface area (TPSA) is 94.1 Å². The van der Waals surface area contributed by atoms with E-state index >= 15 is 0 Å². The molecule has 0 aromatic rings. The second-order valence-corrected chi connectivity index (χ2v) is 6.77. The Bertz CT molecular complexity index is 281. The molecule has 9 heteroatoms. The monoisotopic (exact) mass is 454 g/mol. The van der Waals surface area contributed by atoms with Crippen molar-refractivity contribution >= 4 is 0 Å². The van der Waals surface area contributed by atoms with Crippen molar-refractivity contribution < 1.29 is 43.0 Å². The van der Waals surface area contributed by atoms with Crippen LogP contribution in [0.25, 0.3) is 0 Å². The lowest BCUT2D eigenvalue weighted by Crippen LogP contribution is -2.14. The fraction of sp³-hybridized carbons (Fsp3) is 1.00. The number of unbranched alkanes of at least 4 members (excludes halogenated alkanes) is 3. The van der Waals surface area contributed by atoms with Crippen LogP contribution in [0.2, 0.25) is 0 Å². The summed E-state index contributed by atoms with van der Waals surface area (Å²) in [5, 5.41) is 8.69. The number of aliphatic hydroxyl groups excluding tert-OH is 1. The summed E-state index contributed by atoms with van der Waals surface area (Å²) in [7, 11) is 1.65. The third-order valence-corrected chi connectivity index (χ3v) is 4.07. The second kappa shape index (κ2) is 29.6. The van der Waals surface area contributed by atoms with Crippen LogP contribution in [0.15, 0.2) is 0 Å². The van der Waals surface area contributed by atoms with Gasteiger partial charge in [0.05, 0.1) is 79.3 Å². The smallest absolute Gasteiger partial charge is 0.0701 e. The molecule has 0 saturated heterocycles. The maximum Gasteiger partial charge on any atom is 0.0701 e. The molecule has 0 aromatic heterocycles. The van der Waals surface area contributed by atoms with E-state index in [0.29, 0.717) is 85.9 Å². The van der Waals surface area contributed by atoms with Crippen molar-refractivity contribution in [3.05, 3.63) is 0 Å². The van der Waals surface area contributed by atoms with Crippen molar-refractivity contribution in [3.8, 4) is 0 Å². The van der Waals surface area contributed by atoms with E-state index in [2.05, 4.69) is 0 Å². The van der Waals surface area contributed by atoms with E-state index in [1.807, 2.05) is 0 Å². The van der Waals surface area contributed by atoms with Crippen LogP contribution in [0, 0.1) is 0 Å². The van der Waals surface area contributed by atoms with Crippen molar-refractivity contribution in [2.24, 2.45) is 0 Å².